The number of phenolic OH excluding ortho intramolecular Hbond substituents is 1. The topological polar surface area (TPSA) is 59.0 Å². The van der Waals surface area contributed by atoms with E-state index in [-0.39, 0.29) is 17.6 Å². The van der Waals surface area contributed by atoms with Gasteiger partial charge in [0, 0.05) is 36.6 Å². The van der Waals surface area contributed by atoms with Gasteiger partial charge in [0.15, 0.2) is 17.3 Å². The average molecular weight is 386 g/mol. The SMILES string of the molecule is CCO[C@@]12C=CC(=O)C[C@@]13CCN(CC(C)C)[C@@H]2Cc1ccc(O)c(OC)c13. The van der Waals surface area contributed by atoms with E-state index in [1.165, 1.54) is 0 Å². The molecule has 2 bridgehead atoms. The number of hydrogen-bond donors (Lipinski definition) is 1. The van der Waals surface area contributed by atoms with Gasteiger partial charge in [0.05, 0.1) is 7.11 Å². The standard InChI is InChI=1S/C23H31NO4/c1-5-28-23-9-8-17(25)13-22(23)10-11-24(14-15(2)3)19(23)12-16-6-7-18(26)21(27-4)20(16)22/h6-9,15,19,26H,5,10-14H2,1-4H3/t19-,22-,23-/m1/s1. The molecule has 1 aromatic carbocycles. The summed E-state index contributed by atoms with van der Waals surface area (Å²) in [6.07, 6.45) is 5.74. The lowest BCUT2D eigenvalue weighted by Crippen LogP contribution is -2.73. The van der Waals surface area contributed by atoms with E-state index in [0.717, 1.165) is 37.1 Å². The fraction of sp³-hybridized carbons (Fsp3) is 0.609. The third-order valence-corrected chi connectivity index (χ3v) is 6.80. The maximum atomic E-state index is 12.7. The van der Waals surface area contributed by atoms with Crippen molar-refractivity contribution in [2.75, 3.05) is 26.8 Å². The summed E-state index contributed by atoms with van der Waals surface area (Å²) in [6.45, 7) is 8.99. The van der Waals surface area contributed by atoms with Gasteiger partial charge in [-0.25, -0.2) is 0 Å². The minimum Gasteiger partial charge on any atom is -0.504 e. The summed E-state index contributed by atoms with van der Waals surface area (Å²) in [5.74, 6) is 1.30. The Morgan fingerprint density at radius 2 is 2.14 bits per heavy atom. The maximum Gasteiger partial charge on any atom is 0.164 e. The second-order valence-electron chi connectivity index (χ2n) is 8.80. The number of carbonyl (C=O) groups is 1. The van der Waals surface area contributed by atoms with Crippen LogP contribution in [0.4, 0.5) is 0 Å². The second kappa shape index (κ2) is 6.89. The van der Waals surface area contributed by atoms with Crippen molar-refractivity contribution < 1.29 is 19.4 Å². The largest absolute Gasteiger partial charge is 0.504 e. The summed E-state index contributed by atoms with van der Waals surface area (Å²) in [5, 5.41) is 10.5. The first kappa shape index (κ1) is 19.5. The summed E-state index contributed by atoms with van der Waals surface area (Å²) in [7, 11) is 1.59. The van der Waals surface area contributed by atoms with Crippen LogP contribution in [0.25, 0.3) is 0 Å². The van der Waals surface area contributed by atoms with Crippen LogP contribution in [0, 0.1) is 5.92 Å². The molecule has 1 aliphatic heterocycles. The van der Waals surface area contributed by atoms with E-state index < -0.39 is 11.0 Å². The summed E-state index contributed by atoms with van der Waals surface area (Å²) >= 11 is 0. The Kier molecular flexibility index (Phi) is 4.79. The Morgan fingerprint density at radius 3 is 2.82 bits per heavy atom. The Balaban J connectivity index is 1.99. The minimum absolute atomic E-state index is 0.115. The summed E-state index contributed by atoms with van der Waals surface area (Å²) < 4.78 is 12.2. The molecular weight excluding hydrogens is 354 g/mol. The van der Waals surface area contributed by atoms with E-state index >= 15 is 0 Å². The zero-order chi connectivity index (χ0) is 20.1. The third kappa shape index (κ3) is 2.56. The van der Waals surface area contributed by atoms with E-state index in [9.17, 15) is 9.90 Å². The van der Waals surface area contributed by atoms with E-state index in [1.807, 2.05) is 19.1 Å². The number of aromatic hydroxyl groups is 1. The molecule has 1 heterocycles. The van der Waals surface area contributed by atoms with Crippen molar-refractivity contribution in [3.63, 3.8) is 0 Å². The minimum atomic E-state index is -0.586. The lowest BCUT2D eigenvalue weighted by molar-refractivity contribution is -0.162. The highest BCUT2D eigenvalue weighted by molar-refractivity contribution is 5.93. The van der Waals surface area contributed by atoms with Crippen LogP contribution in [0.1, 0.15) is 44.7 Å². The third-order valence-electron chi connectivity index (χ3n) is 6.80. The molecule has 0 radical (unpaired) electrons. The molecule has 2 aliphatic carbocycles. The summed E-state index contributed by atoms with van der Waals surface area (Å²) in [6, 6.07) is 3.87. The van der Waals surface area contributed by atoms with Crippen molar-refractivity contribution in [3.05, 3.63) is 35.4 Å². The molecule has 0 amide bonds. The molecule has 1 saturated heterocycles. The molecule has 3 aliphatic rings. The van der Waals surface area contributed by atoms with E-state index in [2.05, 4.69) is 18.7 Å². The quantitative estimate of drug-likeness (QED) is 0.843. The number of hydrogen-bond acceptors (Lipinski definition) is 5. The molecule has 152 valence electrons. The molecule has 0 spiro atoms. The molecule has 1 fully saturated rings. The van der Waals surface area contributed by atoms with Crippen molar-refractivity contribution >= 4 is 5.78 Å². The van der Waals surface area contributed by atoms with Gasteiger partial charge in [-0.2, -0.15) is 0 Å². The molecule has 0 aromatic heterocycles. The number of allylic oxidation sites excluding steroid dienone is 1. The zero-order valence-electron chi connectivity index (χ0n) is 17.3. The van der Waals surface area contributed by atoms with E-state index in [1.54, 1.807) is 19.3 Å². The predicted octanol–water partition coefficient (Wildman–Crippen LogP) is 3.23. The molecule has 5 nitrogen and oxygen atoms in total. The predicted molar refractivity (Wildman–Crippen MR) is 108 cm³/mol. The first-order chi connectivity index (χ1) is 13.4. The first-order valence-electron chi connectivity index (χ1n) is 10.4. The molecule has 0 saturated carbocycles. The van der Waals surface area contributed by atoms with Gasteiger partial charge in [0.2, 0.25) is 0 Å². The van der Waals surface area contributed by atoms with Crippen LogP contribution in [0.3, 0.4) is 0 Å². The van der Waals surface area contributed by atoms with E-state index in [4.69, 9.17) is 9.47 Å². The first-order valence-corrected chi connectivity index (χ1v) is 10.4. The number of benzene rings is 1. The smallest absolute Gasteiger partial charge is 0.164 e. The van der Waals surface area contributed by atoms with Gasteiger partial charge in [0.25, 0.3) is 0 Å². The van der Waals surface area contributed by atoms with Crippen molar-refractivity contribution in [2.45, 2.75) is 57.1 Å². The number of phenols is 1. The number of rotatable bonds is 5. The summed E-state index contributed by atoms with van der Waals surface area (Å²) in [5.41, 5.74) is 1.04. The highest BCUT2D eigenvalue weighted by Crippen LogP contribution is 2.60. The molecule has 1 aromatic rings. The molecule has 5 heteroatoms. The molecule has 0 unspecified atom stereocenters. The lowest BCUT2D eigenvalue weighted by atomic mass is 9.50. The van der Waals surface area contributed by atoms with Crippen LogP contribution >= 0.6 is 0 Å². The Hall–Kier alpha value is -1.85. The van der Waals surface area contributed by atoms with Crippen molar-refractivity contribution in [3.8, 4) is 11.5 Å². The van der Waals surface area contributed by atoms with Crippen LogP contribution in [0.2, 0.25) is 0 Å². The molecule has 28 heavy (non-hydrogen) atoms. The van der Waals surface area contributed by atoms with Gasteiger partial charge in [0.1, 0.15) is 5.60 Å². The number of carbonyl (C=O) groups excluding carboxylic acids is 1. The van der Waals surface area contributed by atoms with Crippen LogP contribution in [-0.2, 0) is 21.4 Å². The van der Waals surface area contributed by atoms with Crippen LogP contribution in [0.15, 0.2) is 24.3 Å². The number of ether oxygens (including phenoxy) is 2. The average Bonchev–Trinajstić information content (AvgIpc) is 2.64. The van der Waals surface area contributed by atoms with Crippen LogP contribution in [0.5, 0.6) is 11.5 Å². The number of methoxy groups -OCH3 is 1. The number of fused-ring (bicyclic) bond motifs is 1. The van der Waals surface area contributed by atoms with Gasteiger partial charge in [-0.05, 0) is 56.0 Å². The zero-order valence-corrected chi connectivity index (χ0v) is 17.3. The fourth-order valence-corrected chi connectivity index (χ4v) is 5.97. The number of nitrogens with zero attached hydrogens (tertiary/aromatic N) is 1. The van der Waals surface area contributed by atoms with Gasteiger partial charge >= 0.3 is 0 Å². The van der Waals surface area contributed by atoms with Crippen molar-refractivity contribution in [1.82, 2.24) is 4.90 Å². The van der Waals surface area contributed by atoms with Crippen LogP contribution in [-0.4, -0.2) is 54.2 Å². The monoisotopic (exact) mass is 385 g/mol. The van der Waals surface area contributed by atoms with Gasteiger partial charge in [-0.3, -0.25) is 9.69 Å². The normalized spacial score (nSPS) is 31.6. The van der Waals surface area contributed by atoms with Gasteiger partial charge < -0.3 is 14.6 Å². The van der Waals surface area contributed by atoms with Gasteiger partial charge in [-0.15, -0.1) is 0 Å². The highest BCUT2D eigenvalue weighted by Gasteiger charge is 2.65. The molecular formula is C23H31NO4. The maximum absolute atomic E-state index is 12.7. The Morgan fingerprint density at radius 1 is 1.36 bits per heavy atom. The number of ketones is 1. The number of likely N-dealkylation sites (tertiary alicyclic amines) is 1. The summed E-state index contributed by atoms with van der Waals surface area (Å²) in [4.78, 5) is 15.2. The second-order valence-corrected chi connectivity index (χ2v) is 8.80. The van der Waals surface area contributed by atoms with E-state index in [0.29, 0.717) is 24.7 Å². The Labute approximate surface area is 167 Å². The highest BCUT2D eigenvalue weighted by atomic mass is 16.5. The lowest BCUT2D eigenvalue weighted by Gasteiger charge is -2.63. The fourth-order valence-electron chi connectivity index (χ4n) is 5.97. The molecule has 3 atom stereocenters. The van der Waals surface area contributed by atoms with Gasteiger partial charge in [-0.1, -0.05) is 19.9 Å². The van der Waals surface area contributed by atoms with Crippen molar-refractivity contribution in [2.24, 2.45) is 5.92 Å². The Bertz CT molecular complexity index is 817. The molecule has 4 rings (SSSR count). The molecule has 1 N–H and O–H groups in total. The number of piperidine rings is 1. The van der Waals surface area contributed by atoms with Crippen molar-refractivity contribution in [1.29, 1.82) is 0 Å². The van der Waals surface area contributed by atoms with Crippen LogP contribution < -0.4 is 4.74 Å².